The largest absolute Gasteiger partial charge is 0.337 e. The first-order valence-corrected chi connectivity index (χ1v) is 7.77. The van der Waals surface area contributed by atoms with E-state index in [-0.39, 0.29) is 5.91 Å². The van der Waals surface area contributed by atoms with Crippen LogP contribution in [0.25, 0.3) is 5.69 Å². The Hall–Kier alpha value is -2.10. The summed E-state index contributed by atoms with van der Waals surface area (Å²) < 4.78 is 1.96. The van der Waals surface area contributed by atoms with Crippen molar-refractivity contribution < 1.29 is 4.79 Å². The lowest BCUT2D eigenvalue weighted by Crippen LogP contribution is -2.28. The topological polar surface area (TPSA) is 38.1 Å². The van der Waals surface area contributed by atoms with E-state index >= 15 is 0 Å². The normalized spacial score (nSPS) is 18.2. The molecule has 1 aliphatic carbocycles. The zero-order valence-corrected chi connectivity index (χ0v) is 12.0. The zero-order valence-electron chi connectivity index (χ0n) is 12.0. The van der Waals surface area contributed by atoms with Crippen molar-refractivity contribution in [1.29, 1.82) is 0 Å². The Kier molecular flexibility index (Phi) is 3.02. The van der Waals surface area contributed by atoms with Crippen molar-refractivity contribution in [3.05, 3.63) is 47.8 Å². The Morgan fingerprint density at radius 2 is 1.81 bits per heavy atom. The van der Waals surface area contributed by atoms with Crippen LogP contribution in [-0.4, -0.2) is 33.7 Å². The number of likely N-dealkylation sites (tertiary alicyclic amines) is 1. The molecule has 0 unspecified atom stereocenters. The molecule has 0 spiro atoms. The number of hydrogen-bond donors (Lipinski definition) is 0. The van der Waals surface area contributed by atoms with E-state index in [1.165, 1.54) is 18.5 Å². The van der Waals surface area contributed by atoms with Gasteiger partial charge in [0.15, 0.2) is 5.69 Å². The molecule has 1 aromatic carbocycles. The molecule has 1 saturated carbocycles. The van der Waals surface area contributed by atoms with E-state index in [4.69, 9.17) is 0 Å². The van der Waals surface area contributed by atoms with Crippen molar-refractivity contribution in [1.82, 2.24) is 14.7 Å². The average Bonchev–Trinajstić information content (AvgIpc) is 3.06. The minimum Gasteiger partial charge on any atom is -0.337 e. The van der Waals surface area contributed by atoms with Gasteiger partial charge in [0, 0.05) is 24.7 Å². The molecule has 0 atom stereocenters. The van der Waals surface area contributed by atoms with E-state index in [0.717, 1.165) is 31.6 Å². The second-order valence-electron chi connectivity index (χ2n) is 5.98. The van der Waals surface area contributed by atoms with Crippen LogP contribution < -0.4 is 0 Å². The number of aromatic nitrogens is 2. The van der Waals surface area contributed by atoms with Crippen LogP contribution in [0.15, 0.2) is 36.4 Å². The Bertz CT molecular complexity index is 652. The monoisotopic (exact) mass is 281 g/mol. The summed E-state index contributed by atoms with van der Waals surface area (Å²) in [5, 5.41) is 4.61. The van der Waals surface area contributed by atoms with Gasteiger partial charge in [-0.25, -0.2) is 4.68 Å². The van der Waals surface area contributed by atoms with E-state index in [0.29, 0.717) is 11.6 Å². The van der Waals surface area contributed by atoms with Gasteiger partial charge >= 0.3 is 0 Å². The maximum Gasteiger partial charge on any atom is 0.274 e. The van der Waals surface area contributed by atoms with Gasteiger partial charge < -0.3 is 4.90 Å². The molecule has 1 amide bonds. The van der Waals surface area contributed by atoms with Crippen molar-refractivity contribution in [2.75, 3.05) is 13.1 Å². The molecule has 0 N–H and O–H groups in total. The highest BCUT2D eigenvalue weighted by Crippen LogP contribution is 2.41. The molecule has 21 heavy (non-hydrogen) atoms. The van der Waals surface area contributed by atoms with Gasteiger partial charge in [-0.1, -0.05) is 18.2 Å². The number of para-hydroxylation sites is 1. The number of rotatable bonds is 3. The summed E-state index contributed by atoms with van der Waals surface area (Å²) in [5.41, 5.74) is 2.83. The van der Waals surface area contributed by atoms with Gasteiger partial charge in [0.05, 0.1) is 5.69 Å². The van der Waals surface area contributed by atoms with Gasteiger partial charge in [-0.05, 0) is 43.9 Å². The lowest BCUT2D eigenvalue weighted by molar-refractivity contribution is 0.0786. The quantitative estimate of drug-likeness (QED) is 0.867. The summed E-state index contributed by atoms with van der Waals surface area (Å²) in [6.45, 7) is 1.74. The van der Waals surface area contributed by atoms with E-state index < -0.39 is 0 Å². The van der Waals surface area contributed by atoms with Crippen LogP contribution in [0.3, 0.4) is 0 Å². The van der Waals surface area contributed by atoms with E-state index in [2.05, 4.69) is 5.10 Å². The third-order valence-corrected chi connectivity index (χ3v) is 4.35. The second-order valence-corrected chi connectivity index (χ2v) is 5.98. The fourth-order valence-corrected chi connectivity index (χ4v) is 3.03. The highest BCUT2D eigenvalue weighted by Gasteiger charge is 2.31. The van der Waals surface area contributed by atoms with Crippen LogP contribution in [-0.2, 0) is 0 Å². The molecule has 2 aromatic rings. The third kappa shape index (κ3) is 2.35. The van der Waals surface area contributed by atoms with E-state index in [1.54, 1.807) is 0 Å². The first-order valence-electron chi connectivity index (χ1n) is 7.77. The highest BCUT2D eigenvalue weighted by molar-refractivity contribution is 5.92. The van der Waals surface area contributed by atoms with Gasteiger partial charge in [0.25, 0.3) is 5.91 Å². The molecule has 4 rings (SSSR count). The molecule has 1 saturated heterocycles. The lowest BCUT2D eigenvalue weighted by Gasteiger charge is -2.12. The van der Waals surface area contributed by atoms with Gasteiger partial charge in [0.2, 0.25) is 0 Å². The van der Waals surface area contributed by atoms with Crippen molar-refractivity contribution in [3.63, 3.8) is 0 Å². The number of hydrogen-bond acceptors (Lipinski definition) is 2. The summed E-state index contributed by atoms with van der Waals surface area (Å²) in [7, 11) is 0. The standard InChI is InChI=1S/C17H19N3O/c21-17(19-10-4-5-11-19)15-12-16(13-8-9-13)20(18-15)14-6-2-1-3-7-14/h1-3,6-7,12-13H,4-5,8-11H2. The molecule has 2 aliphatic rings. The molecule has 4 heteroatoms. The molecule has 0 radical (unpaired) electrons. The second kappa shape index (κ2) is 5.02. The summed E-state index contributed by atoms with van der Waals surface area (Å²) in [6, 6.07) is 12.1. The first kappa shape index (κ1) is 12.6. The molecule has 1 aromatic heterocycles. The van der Waals surface area contributed by atoms with Crippen LogP contribution >= 0.6 is 0 Å². The SMILES string of the molecule is O=C(c1cc(C2CC2)n(-c2ccccc2)n1)N1CCCC1. The van der Waals surface area contributed by atoms with E-state index in [9.17, 15) is 4.79 Å². The zero-order chi connectivity index (χ0) is 14.2. The Morgan fingerprint density at radius 3 is 2.48 bits per heavy atom. The summed E-state index contributed by atoms with van der Waals surface area (Å²) in [5.74, 6) is 0.655. The van der Waals surface area contributed by atoms with Crippen molar-refractivity contribution in [2.45, 2.75) is 31.6 Å². The maximum absolute atomic E-state index is 12.5. The number of amides is 1. The highest BCUT2D eigenvalue weighted by atomic mass is 16.2. The average molecular weight is 281 g/mol. The van der Waals surface area contributed by atoms with Crippen LogP contribution in [0.2, 0.25) is 0 Å². The minimum absolute atomic E-state index is 0.0871. The predicted octanol–water partition coefficient (Wildman–Crippen LogP) is 2.99. The predicted molar refractivity (Wildman–Crippen MR) is 80.7 cm³/mol. The number of benzene rings is 1. The number of carbonyl (C=O) groups is 1. The minimum atomic E-state index is 0.0871. The van der Waals surface area contributed by atoms with Crippen LogP contribution in [0.4, 0.5) is 0 Å². The number of nitrogens with zero attached hydrogens (tertiary/aromatic N) is 3. The third-order valence-electron chi connectivity index (χ3n) is 4.35. The fourth-order valence-electron chi connectivity index (χ4n) is 3.03. The summed E-state index contributed by atoms with van der Waals surface area (Å²) in [4.78, 5) is 14.5. The maximum atomic E-state index is 12.5. The first-order chi connectivity index (χ1) is 10.3. The molecule has 0 bridgehead atoms. The Labute approximate surface area is 124 Å². The Morgan fingerprint density at radius 1 is 1.10 bits per heavy atom. The molecule has 2 fully saturated rings. The van der Waals surface area contributed by atoms with Gasteiger partial charge in [-0.2, -0.15) is 5.10 Å². The van der Waals surface area contributed by atoms with Crippen molar-refractivity contribution in [3.8, 4) is 5.69 Å². The lowest BCUT2D eigenvalue weighted by atomic mass is 10.2. The van der Waals surface area contributed by atoms with Crippen LogP contribution in [0.1, 0.15) is 47.8 Å². The fraction of sp³-hybridized carbons (Fsp3) is 0.412. The summed E-state index contributed by atoms with van der Waals surface area (Å²) >= 11 is 0. The molecule has 2 heterocycles. The molecule has 4 nitrogen and oxygen atoms in total. The molecular weight excluding hydrogens is 262 g/mol. The van der Waals surface area contributed by atoms with Crippen LogP contribution in [0.5, 0.6) is 0 Å². The molecular formula is C17H19N3O. The van der Waals surface area contributed by atoms with Gasteiger partial charge in [0.1, 0.15) is 0 Å². The van der Waals surface area contributed by atoms with Crippen molar-refractivity contribution >= 4 is 5.91 Å². The smallest absolute Gasteiger partial charge is 0.274 e. The number of carbonyl (C=O) groups excluding carboxylic acids is 1. The van der Waals surface area contributed by atoms with Gasteiger partial charge in [-0.15, -0.1) is 0 Å². The Balaban J connectivity index is 1.71. The van der Waals surface area contributed by atoms with Crippen LogP contribution in [0, 0.1) is 0 Å². The summed E-state index contributed by atoms with van der Waals surface area (Å²) in [6.07, 6.45) is 4.63. The molecule has 1 aliphatic heterocycles. The van der Waals surface area contributed by atoms with E-state index in [1.807, 2.05) is 46.0 Å². The van der Waals surface area contributed by atoms with Crippen molar-refractivity contribution in [2.24, 2.45) is 0 Å². The molecule has 108 valence electrons. The van der Waals surface area contributed by atoms with Gasteiger partial charge in [-0.3, -0.25) is 4.79 Å².